The molecule has 8 nitrogen and oxygen atoms in total. The summed E-state index contributed by atoms with van der Waals surface area (Å²) in [6.07, 6.45) is -0.549. The number of rotatable bonds is 5. The predicted octanol–water partition coefficient (Wildman–Crippen LogP) is 0.807. The average Bonchev–Trinajstić information content (AvgIpc) is 2.87. The monoisotopic (exact) mass is 347 g/mol. The van der Waals surface area contributed by atoms with Crippen molar-refractivity contribution in [2.45, 2.75) is 11.7 Å². The number of hydrogen-bond acceptors (Lipinski definition) is 6. The van der Waals surface area contributed by atoms with E-state index in [9.17, 15) is 27.0 Å². The molecule has 10 heteroatoms. The maximum absolute atomic E-state index is 13.1. The molecule has 1 atom stereocenters. The van der Waals surface area contributed by atoms with E-state index in [2.05, 4.69) is 0 Å². The number of amides is 1. The molecule has 0 aliphatic carbocycles. The molecule has 23 heavy (non-hydrogen) atoms. The molecule has 1 aromatic carbocycles. The van der Waals surface area contributed by atoms with Gasteiger partial charge < -0.3 is 19.5 Å². The minimum absolute atomic E-state index is 0.0775. The van der Waals surface area contributed by atoms with Gasteiger partial charge in [0.15, 0.2) is 11.5 Å². The standard InChI is InChI=1S/C13H14FNO7S/c1-21-10-4-8(13(17)18)9(5-11(10)22-2)15-6-7(3-12(15)16)23(14,19)20/h4-5,7H,3,6H2,1-2H3,(H,17,18). The van der Waals surface area contributed by atoms with Crippen molar-refractivity contribution in [1.29, 1.82) is 0 Å². The number of aromatic carboxylic acids is 1. The zero-order valence-corrected chi connectivity index (χ0v) is 13.1. The van der Waals surface area contributed by atoms with E-state index in [1.165, 1.54) is 20.3 Å². The number of anilines is 1. The Balaban J connectivity index is 2.54. The first-order valence-electron chi connectivity index (χ1n) is 6.42. The summed E-state index contributed by atoms with van der Waals surface area (Å²) in [6.45, 7) is -0.465. The first-order chi connectivity index (χ1) is 10.7. The molecule has 2 rings (SSSR count). The van der Waals surface area contributed by atoms with Crippen LogP contribution in [0.3, 0.4) is 0 Å². The summed E-state index contributed by atoms with van der Waals surface area (Å²) in [5.41, 5.74) is -0.362. The molecule has 0 spiro atoms. The van der Waals surface area contributed by atoms with E-state index in [4.69, 9.17) is 9.47 Å². The van der Waals surface area contributed by atoms with Crippen LogP contribution in [0.4, 0.5) is 9.57 Å². The third-order valence-electron chi connectivity index (χ3n) is 3.51. The van der Waals surface area contributed by atoms with Crippen LogP contribution in [0.5, 0.6) is 11.5 Å². The lowest BCUT2D eigenvalue weighted by Crippen LogP contribution is -2.28. The van der Waals surface area contributed by atoms with E-state index in [0.29, 0.717) is 0 Å². The molecule has 1 aromatic rings. The molecular formula is C13H14FNO7S. The van der Waals surface area contributed by atoms with E-state index in [1.54, 1.807) is 0 Å². The SMILES string of the molecule is COc1cc(C(=O)O)c(N2CC(S(=O)(=O)F)CC2=O)cc1OC. The summed E-state index contributed by atoms with van der Waals surface area (Å²) in [5, 5.41) is 7.77. The maximum Gasteiger partial charge on any atom is 0.337 e. The van der Waals surface area contributed by atoms with Gasteiger partial charge in [0, 0.05) is 25.1 Å². The second kappa shape index (κ2) is 6.03. The number of ether oxygens (including phenoxy) is 2. The molecule has 126 valence electrons. The number of methoxy groups -OCH3 is 2. The second-order valence-electron chi connectivity index (χ2n) is 4.84. The number of carboxylic acids is 1. The maximum atomic E-state index is 13.1. The fourth-order valence-electron chi connectivity index (χ4n) is 2.36. The van der Waals surface area contributed by atoms with Gasteiger partial charge in [-0.1, -0.05) is 0 Å². The Hall–Kier alpha value is -2.36. The molecule has 1 fully saturated rings. The van der Waals surface area contributed by atoms with Crippen LogP contribution in [0.1, 0.15) is 16.8 Å². The number of hydrogen-bond donors (Lipinski definition) is 1. The molecule has 1 aliphatic rings. The number of benzene rings is 1. The van der Waals surface area contributed by atoms with Crippen molar-refractivity contribution in [2.75, 3.05) is 25.7 Å². The summed E-state index contributed by atoms with van der Waals surface area (Å²) in [4.78, 5) is 24.3. The van der Waals surface area contributed by atoms with Gasteiger partial charge in [-0.15, -0.1) is 3.89 Å². The zero-order chi connectivity index (χ0) is 17.4. The number of nitrogens with zero attached hydrogens (tertiary/aromatic N) is 1. The molecule has 0 radical (unpaired) electrons. The van der Waals surface area contributed by atoms with Gasteiger partial charge in [0.05, 0.1) is 25.5 Å². The highest BCUT2D eigenvalue weighted by molar-refractivity contribution is 7.87. The van der Waals surface area contributed by atoms with Gasteiger partial charge in [0.1, 0.15) is 5.25 Å². The van der Waals surface area contributed by atoms with Crippen molar-refractivity contribution >= 4 is 27.8 Å². The second-order valence-corrected chi connectivity index (χ2v) is 6.45. The summed E-state index contributed by atoms with van der Waals surface area (Å²) >= 11 is 0. The minimum Gasteiger partial charge on any atom is -0.493 e. The summed E-state index contributed by atoms with van der Waals surface area (Å²) < 4.78 is 45.1. The van der Waals surface area contributed by atoms with Crippen LogP contribution < -0.4 is 14.4 Å². The topological polar surface area (TPSA) is 110 Å². The molecule has 1 saturated heterocycles. The van der Waals surface area contributed by atoms with Gasteiger partial charge in [-0.2, -0.15) is 8.42 Å². The lowest BCUT2D eigenvalue weighted by Gasteiger charge is -2.20. The Morgan fingerprint density at radius 3 is 2.30 bits per heavy atom. The van der Waals surface area contributed by atoms with Crippen LogP contribution in [0.15, 0.2) is 12.1 Å². The summed E-state index contributed by atoms with van der Waals surface area (Å²) in [6, 6.07) is 2.40. The molecule has 1 aliphatic heterocycles. The zero-order valence-electron chi connectivity index (χ0n) is 12.3. The first-order valence-corrected chi connectivity index (χ1v) is 7.86. The van der Waals surface area contributed by atoms with Crippen LogP contribution in [-0.4, -0.2) is 51.4 Å². The highest BCUT2D eigenvalue weighted by Crippen LogP contribution is 2.37. The van der Waals surface area contributed by atoms with Crippen LogP contribution >= 0.6 is 0 Å². The van der Waals surface area contributed by atoms with Gasteiger partial charge in [-0.3, -0.25) is 4.79 Å². The Morgan fingerprint density at radius 1 is 1.30 bits per heavy atom. The van der Waals surface area contributed by atoms with Gasteiger partial charge in [0.25, 0.3) is 0 Å². The fraction of sp³-hybridized carbons (Fsp3) is 0.385. The van der Waals surface area contributed by atoms with E-state index < -0.39 is 40.3 Å². The lowest BCUT2D eigenvalue weighted by atomic mass is 10.1. The van der Waals surface area contributed by atoms with Crippen LogP contribution in [-0.2, 0) is 15.0 Å². The predicted molar refractivity (Wildman–Crippen MR) is 77.3 cm³/mol. The third kappa shape index (κ3) is 3.21. The molecule has 1 heterocycles. The van der Waals surface area contributed by atoms with Gasteiger partial charge in [-0.25, -0.2) is 4.79 Å². The Labute approximate surface area is 131 Å². The van der Waals surface area contributed by atoms with E-state index >= 15 is 0 Å². The van der Waals surface area contributed by atoms with E-state index in [0.717, 1.165) is 11.0 Å². The molecule has 0 saturated carbocycles. The highest BCUT2D eigenvalue weighted by Gasteiger charge is 2.40. The molecule has 0 bridgehead atoms. The normalized spacial score (nSPS) is 18.1. The van der Waals surface area contributed by atoms with E-state index in [1.807, 2.05) is 0 Å². The fourth-order valence-corrected chi connectivity index (χ4v) is 3.03. The number of halogens is 1. The first kappa shape index (κ1) is 17.0. The number of carbonyl (C=O) groups excluding carboxylic acids is 1. The molecule has 0 aromatic heterocycles. The summed E-state index contributed by atoms with van der Waals surface area (Å²) in [5.74, 6) is -1.74. The van der Waals surface area contributed by atoms with Gasteiger partial charge in [-0.05, 0) is 0 Å². The smallest absolute Gasteiger partial charge is 0.337 e. The summed E-state index contributed by atoms with van der Waals surface area (Å²) in [7, 11) is -2.27. The van der Waals surface area contributed by atoms with Crippen molar-refractivity contribution in [3.63, 3.8) is 0 Å². The Kier molecular flexibility index (Phi) is 4.46. The number of carboxylic acid groups (broad SMARTS) is 1. The third-order valence-corrected chi connectivity index (χ3v) is 4.62. The van der Waals surface area contributed by atoms with E-state index in [-0.39, 0.29) is 22.7 Å². The van der Waals surface area contributed by atoms with Gasteiger partial charge >= 0.3 is 16.2 Å². The van der Waals surface area contributed by atoms with Gasteiger partial charge in [0.2, 0.25) is 5.91 Å². The number of carbonyl (C=O) groups is 2. The van der Waals surface area contributed by atoms with Crippen LogP contribution in [0.25, 0.3) is 0 Å². The largest absolute Gasteiger partial charge is 0.493 e. The van der Waals surface area contributed by atoms with Crippen molar-refractivity contribution in [3.8, 4) is 11.5 Å². The molecule has 1 N–H and O–H groups in total. The van der Waals surface area contributed by atoms with Crippen molar-refractivity contribution in [1.82, 2.24) is 0 Å². The Morgan fingerprint density at radius 2 is 1.87 bits per heavy atom. The quantitative estimate of drug-likeness (QED) is 0.785. The molecule has 1 unspecified atom stereocenters. The van der Waals surface area contributed by atoms with Crippen LogP contribution in [0.2, 0.25) is 0 Å². The van der Waals surface area contributed by atoms with Crippen molar-refractivity contribution < 1.29 is 36.5 Å². The van der Waals surface area contributed by atoms with Crippen LogP contribution in [0, 0.1) is 0 Å². The van der Waals surface area contributed by atoms with Crippen molar-refractivity contribution in [3.05, 3.63) is 17.7 Å². The molecular weight excluding hydrogens is 333 g/mol. The van der Waals surface area contributed by atoms with Crippen molar-refractivity contribution in [2.24, 2.45) is 0 Å². The lowest BCUT2D eigenvalue weighted by molar-refractivity contribution is -0.117. The molecule has 1 amide bonds. The minimum atomic E-state index is -4.90. The highest BCUT2D eigenvalue weighted by atomic mass is 32.3. The Bertz CT molecular complexity index is 762. The average molecular weight is 347 g/mol.